The minimum atomic E-state index is -0.407. The summed E-state index contributed by atoms with van der Waals surface area (Å²) in [4.78, 5) is 40.0. The summed E-state index contributed by atoms with van der Waals surface area (Å²) in [6.45, 7) is 2.99. The summed E-state index contributed by atoms with van der Waals surface area (Å²) in [6.07, 6.45) is 0.0683. The van der Waals surface area contributed by atoms with Crippen molar-refractivity contribution in [2.75, 3.05) is 31.6 Å². The highest BCUT2D eigenvalue weighted by molar-refractivity contribution is 6.01. The normalized spacial score (nSPS) is 15.9. The van der Waals surface area contributed by atoms with Crippen molar-refractivity contribution in [3.05, 3.63) is 89.0 Å². The molecule has 2 amide bonds. The van der Waals surface area contributed by atoms with Crippen LogP contribution in [0, 0.1) is 0 Å². The Kier molecular flexibility index (Phi) is 6.58. The molecular weight excluding hydrogens is 460 g/mol. The Balaban J connectivity index is 1.28. The maximum Gasteiger partial charge on any atom is 0.339 e. The number of cyclic esters (lactones) is 1. The first-order valence-electron chi connectivity index (χ1n) is 11.9. The number of hydrogen-bond acceptors (Lipinski definition) is 6. The Morgan fingerprint density at radius 1 is 0.972 bits per heavy atom. The van der Waals surface area contributed by atoms with Crippen LogP contribution in [-0.2, 0) is 16.0 Å². The van der Waals surface area contributed by atoms with Gasteiger partial charge in [0.05, 0.1) is 5.56 Å². The zero-order valence-electron chi connectivity index (χ0n) is 19.9. The quantitative estimate of drug-likeness (QED) is 0.529. The Labute approximate surface area is 208 Å². The van der Waals surface area contributed by atoms with E-state index in [4.69, 9.17) is 14.2 Å². The molecule has 0 fully saturated rings. The van der Waals surface area contributed by atoms with Crippen LogP contribution in [0.15, 0.2) is 66.7 Å². The standard InChI is InChI=1S/C28H26N2O6/c1-2-30(17-26(31)29-21-9-11-23-25(16-21)35-13-12-34-23)27(32)19-8-10-22-20(14-19)15-24(36-28(22)33)18-6-4-3-5-7-18/h3-11,14,16,24H,2,12-13,15,17H2,1H3,(H,29,31)/t24-/m1/s1. The molecule has 0 aliphatic carbocycles. The van der Waals surface area contributed by atoms with Gasteiger partial charge in [0.2, 0.25) is 5.91 Å². The zero-order valence-corrected chi connectivity index (χ0v) is 19.9. The predicted octanol–water partition coefficient (Wildman–Crippen LogP) is 4.01. The second kappa shape index (κ2) is 10.1. The van der Waals surface area contributed by atoms with Gasteiger partial charge in [0.25, 0.3) is 5.91 Å². The van der Waals surface area contributed by atoms with E-state index in [0.717, 1.165) is 11.1 Å². The fraction of sp³-hybridized carbons (Fsp3) is 0.250. The molecule has 0 bridgehead atoms. The van der Waals surface area contributed by atoms with Gasteiger partial charge in [-0.15, -0.1) is 0 Å². The van der Waals surface area contributed by atoms with Crippen molar-refractivity contribution in [1.82, 2.24) is 4.90 Å². The van der Waals surface area contributed by atoms with E-state index in [-0.39, 0.29) is 18.4 Å². The fourth-order valence-electron chi connectivity index (χ4n) is 4.39. The lowest BCUT2D eigenvalue weighted by molar-refractivity contribution is -0.116. The predicted molar refractivity (Wildman–Crippen MR) is 132 cm³/mol. The van der Waals surface area contributed by atoms with Crippen LogP contribution < -0.4 is 14.8 Å². The Morgan fingerprint density at radius 3 is 2.53 bits per heavy atom. The van der Waals surface area contributed by atoms with Crippen molar-refractivity contribution < 1.29 is 28.6 Å². The smallest absolute Gasteiger partial charge is 0.339 e. The van der Waals surface area contributed by atoms with E-state index in [0.29, 0.717) is 54.5 Å². The van der Waals surface area contributed by atoms with Gasteiger partial charge >= 0.3 is 5.97 Å². The molecule has 0 radical (unpaired) electrons. The summed E-state index contributed by atoms with van der Waals surface area (Å²) in [5.74, 6) is 0.190. The van der Waals surface area contributed by atoms with Gasteiger partial charge in [-0.25, -0.2) is 4.79 Å². The summed E-state index contributed by atoms with van der Waals surface area (Å²) in [5.41, 5.74) is 3.09. The fourth-order valence-corrected chi connectivity index (χ4v) is 4.39. The number of carbonyl (C=O) groups is 3. The summed E-state index contributed by atoms with van der Waals surface area (Å²) in [5, 5.41) is 2.81. The molecule has 1 N–H and O–H groups in total. The number of nitrogens with one attached hydrogen (secondary N) is 1. The molecule has 0 aromatic heterocycles. The van der Waals surface area contributed by atoms with Crippen LogP contribution in [0.1, 0.15) is 44.9 Å². The second-order valence-electron chi connectivity index (χ2n) is 8.61. The number of benzene rings is 3. The number of amides is 2. The van der Waals surface area contributed by atoms with Crippen molar-refractivity contribution in [1.29, 1.82) is 0 Å². The maximum atomic E-state index is 13.3. The van der Waals surface area contributed by atoms with Crippen LogP contribution in [0.4, 0.5) is 5.69 Å². The zero-order chi connectivity index (χ0) is 25.1. The van der Waals surface area contributed by atoms with E-state index in [2.05, 4.69) is 5.32 Å². The number of anilines is 1. The van der Waals surface area contributed by atoms with Gasteiger partial charge in [-0.05, 0) is 48.4 Å². The molecule has 8 heteroatoms. The average Bonchev–Trinajstić information content (AvgIpc) is 2.91. The number of esters is 1. The van der Waals surface area contributed by atoms with Gasteiger partial charge in [0.1, 0.15) is 25.9 Å². The minimum Gasteiger partial charge on any atom is -0.486 e. The lowest BCUT2D eigenvalue weighted by Crippen LogP contribution is -2.38. The molecule has 2 heterocycles. The lowest BCUT2D eigenvalue weighted by Gasteiger charge is -2.26. The monoisotopic (exact) mass is 486 g/mol. The molecule has 2 aliphatic rings. The van der Waals surface area contributed by atoms with Gasteiger partial charge in [-0.2, -0.15) is 0 Å². The summed E-state index contributed by atoms with van der Waals surface area (Å²) in [6, 6.07) is 19.7. The van der Waals surface area contributed by atoms with Crippen molar-refractivity contribution in [2.24, 2.45) is 0 Å². The molecular formula is C28H26N2O6. The van der Waals surface area contributed by atoms with Crippen LogP contribution in [0.2, 0.25) is 0 Å². The van der Waals surface area contributed by atoms with Crippen LogP contribution in [0.25, 0.3) is 0 Å². The number of fused-ring (bicyclic) bond motifs is 2. The molecule has 0 saturated heterocycles. The number of hydrogen-bond donors (Lipinski definition) is 1. The Bertz CT molecular complexity index is 1310. The van der Waals surface area contributed by atoms with Gasteiger partial charge in [0.15, 0.2) is 11.5 Å². The average molecular weight is 487 g/mol. The van der Waals surface area contributed by atoms with Gasteiger partial charge in [0, 0.05) is 30.3 Å². The van der Waals surface area contributed by atoms with E-state index in [9.17, 15) is 14.4 Å². The van der Waals surface area contributed by atoms with E-state index in [1.165, 1.54) is 4.90 Å². The largest absolute Gasteiger partial charge is 0.486 e. The van der Waals surface area contributed by atoms with Crippen LogP contribution in [0.3, 0.4) is 0 Å². The summed E-state index contributed by atoms with van der Waals surface area (Å²) < 4.78 is 16.7. The molecule has 3 aromatic carbocycles. The SMILES string of the molecule is CCN(CC(=O)Nc1ccc2c(c1)OCCO2)C(=O)c1ccc2c(c1)C[C@H](c1ccccc1)OC2=O. The number of nitrogens with zero attached hydrogens (tertiary/aromatic N) is 1. The van der Waals surface area contributed by atoms with E-state index in [1.54, 1.807) is 36.4 Å². The lowest BCUT2D eigenvalue weighted by atomic mass is 9.93. The maximum absolute atomic E-state index is 13.3. The summed E-state index contributed by atoms with van der Waals surface area (Å²) >= 11 is 0. The van der Waals surface area contributed by atoms with Crippen molar-refractivity contribution in [3.63, 3.8) is 0 Å². The molecule has 3 aromatic rings. The molecule has 2 aliphatic heterocycles. The molecule has 0 spiro atoms. The van der Waals surface area contributed by atoms with Crippen LogP contribution >= 0.6 is 0 Å². The highest BCUT2D eigenvalue weighted by Crippen LogP contribution is 2.33. The van der Waals surface area contributed by atoms with E-state index >= 15 is 0 Å². The first-order valence-corrected chi connectivity index (χ1v) is 11.9. The first-order chi connectivity index (χ1) is 17.5. The molecule has 0 saturated carbocycles. The molecule has 1 atom stereocenters. The third kappa shape index (κ3) is 4.88. The second-order valence-corrected chi connectivity index (χ2v) is 8.61. The molecule has 184 valence electrons. The topological polar surface area (TPSA) is 94.2 Å². The Morgan fingerprint density at radius 2 is 1.75 bits per heavy atom. The molecule has 36 heavy (non-hydrogen) atoms. The van der Waals surface area contributed by atoms with Gasteiger partial charge in [-0.1, -0.05) is 30.3 Å². The highest BCUT2D eigenvalue weighted by Gasteiger charge is 2.29. The number of ether oxygens (including phenoxy) is 3. The highest BCUT2D eigenvalue weighted by atomic mass is 16.6. The van der Waals surface area contributed by atoms with Crippen LogP contribution in [-0.4, -0.2) is 49.0 Å². The third-order valence-electron chi connectivity index (χ3n) is 6.23. The van der Waals surface area contributed by atoms with E-state index in [1.807, 2.05) is 37.3 Å². The van der Waals surface area contributed by atoms with Crippen molar-refractivity contribution in [2.45, 2.75) is 19.4 Å². The first kappa shape index (κ1) is 23.4. The minimum absolute atomic E-state index is 0.116. The Hall–Kier alpha value is -4.33. The molecule has 8 nitrogen and oxygen atoms in total. The summed E-state index contributed by atoms with van der Waals surface area (Å²) in [7, 11) is 0. The number of likely N-dealkylation sites (N-methyl/N-ethyl adjacent to an activating group) is 1. The number of carbonyl (C=O) groups excluding carboxylic acids is 3. The van der Waals surface area contributed by atoms with Crippen molar-refractivity contribution >= 4 is 23.5 Å². The molecule has 0 unspecified atom stereocenters. The third-order valence-corrected chi connectivity index (χ3v) is 6.23. The van der Waals surface area contributed by atoms with Crippen LogP contribution in [0.5, 0.6) is 11.5 Å². The number of rotatable bonds is 6. The molecule has 5 rings (SSSR count). The van der Waals surface area contributed by atoms with Gasteiger partial charge in [-0.3, -0.25) is 9.59 Å². The van der Waals surface area contributed by atoms with Crippen molar-refractivity contribution in [3.8, 4) is 11.5 Å². The van der Waals surface area contributed by atoms with E-state index < -0.39 is 12.1 Å². The van der Waals surface area contributed by atoms with Gasteiger partial charge < -0.3 is 24.4 Å².